The van der Waals surface area contributed by atoms with Crippen LogP contribution in [-0.2, 0) is 7.05 Å². The summed E-state index contributed by atoms with van der Waals surface area (Å²) in [4.78, 5) is 0. The van der Waals surface area contributed by atoms with Crippen molar-refractivity contribution in [1.82, 2.24) is 9.78 Å². The highest BCUT2D eigenvalue weighted by Crippen LogP contribution is 2.35. The van der Waals surface area contributed by atoms with Gasteiger partial charge in [0, 0.05) is 12.6 Å². The van der Waals surface area contributed by atoms with E-state index in [9.17, 15) is 8.78 Å². The number of alkyl halides is 2. The minimum absolute atomic E-state index is 0.0849. The molecule has 2 aromatic rings. The second kappa shape index (κ2) is 4.94. The van der Waals surface area contributed by atoms with E-state index in [0.717, 1.165) is 11.1 Å². The van der Waals surface area contributed by atoms with Gasteiger partial charge in [-0.1, -0.05) is 41.4 Å². The molecule has 0 aliphatic rings. The molecule has 6 heteroatoms. The predicted octanol–water partition coefficient (Wildman–Crippen LogP) is 3.65. The maximum Gasteiger partial charge on any atom is 0.388 e. The Morgan fingerprint density at radius 3 is 2.44 bits per heavy atom. The number of halogens is 3. The summed E-state index contributed by atoms with van der Waals surface area (Å²) in [6.07, 6.45) is 0. The van der Waals surface area contributed by atoms with E-state index in [-0.39, 0.29) is 10.9 Å². The second-order valence-electron chi connectivity index (χ2n) is 3.84. The Bertz CT molecular complexity index is 552. The summed E-state index contributed by atoms with van der Waals surface area (Å²) in [5, 5.41) is 4.17. The highest BCUT2D eigenvalue weighted by molar-refractivity contribution is 6.34. The number of aromatic nitrogens is 2. The number of hydrogen-bond acceptors (Lipinski definition) is 2. The fraction of sp³-hybridized carbons (Fsp3) is 0.250. The number of hydrogen-bond donors (Lipinski definition) is 0. The van der Waals surface area contributed by atoms with Crippen molar-refractivity contribution in [3.8, 4) is 17.1 Å². The lowest BCUT2D eigenvalue weighted by atomic mass is 10.1. The molecular formula is C12H11ClF2N2O. The third-order valence-electron chi connectivity index (χ3n) is 2.47. The van der Waals surface area contributed by atoms with Crippen molar-refractivity contribution in [2.45, 2.75) is 13.5 Å². The molecule has 0 fully saturated rings. The molecule has 0 amide bonds. The van der Waals surface area contributed by atoms with E-state index in [0.29, 0.717) is 5.69 Å². The number of ether oxygens (including phenoxy) is 1. The van der Waals surface area contributed by atoms with E-state index >= 15 is 0 Å². The highest BCUT2D eigenvalue weighted by atomic mass is 35.5. The Hall–Kier alpha value is -1.62. The van der Waals surface area contributed by atoms with Crippen LogP contribution < -0.4 is 4.74 Å². The molecule has 0 saturated carbocycles. The Kier molecular flexibility index (Phi) is 3.52. The van der Waals surface area contributed by atoms with Crippen LogP contribution in [0.5, 0.6) is 5.88 Å². The molecule has 0 radical (unpaired) electrons. The Balaban J connectivity index is 2.43. The van der Waals surface area contributed by atoms with Crippen LogP contribution in [0.2, 0.25) is 5.02 Å². The smallest absolute Gasteiger partial charge is 0.388 e. The lowest BCUT2D eigenvalue weighted by Gasteiger charge is -2.03. The van der Waals surface area contributed by atoms with Gasteiger partial charge >= 0.3 is 6.61 Å². The molecule has 96 valence electrons. The third-order valence-corrected chi connectivity index (χ3v) is 2.81. The van der Waals surface area contributed by atoms with Crippen molar-refractivity contribution in [2.24, 2.45) is 7.05 Å². The predicted molar refractivity (Wildman–Crippen MR) is 65.0 cm³/mol. The number of aryl methyl sites for hydroxylation is 2. The average Bonchev–Trinajstić information content (AvgIpc) is 2.58. The summed E-state index contributed by atoms with van der Waals surface area (Å²) < 4.78 is 30.0. The zero-order valence-corrected chi connectivity index (χ0v) is 10.6. The van der Waals surface area contributed by atoms with Gasteiger partial charge in [0.1, 0.15) is 10.7 Å². The van der Waals surface area contributed by atoms with Gasteiger partial charge in [0.25, 0.3) is 0 Å². The molecule has 0 unspecified atom stereocenters. The van der Waals surface area contributed by atoms with Gasteiger partial charge in [-0.05, 0) is 6.92 Å². The fourth-order valence-electron chi connectivity index (χ4n) is 1.59. The Labute approximate surface area is 108 Å². The summed E-state index contributed by atoms with van der Waals surface area (Å²) in [6.45, 7) is -0.974. The molecular weight excluding hydrogens is 262 g/mol. The molecule has 0 aliphatic carbocycles. The summed E-state index contributed by atoms with van der Waals surface area (Å²) in [6, 6.07) is 7.45. The molecule has 18 heavy (non-hydrogen) atoms. The van der Waals surface area contributed by atoms with Crippen LogP contribution in [0, 0.1) is 6.92 Å². The molecule has 0 bridgehead atoms. The lowest BCUT2D eigenvalue weighted by Crippen LogP contribution is -2.06. The first-order valence-electron chi connectivity index (χ1n) is 5.23. The minimum Gasteiger partial charge on any atom is -0.416 e. The lowest BCUT2D eigenvalue weighted by molar-refractivity contribution is -0.0552. The number of nitrogens with zero attached hydrogens (tertiary/aromatic N) is 2. The van der Waals surface area contributed by atoms with Gasteiger partial charge in [0.05, 0.1) is 0 Å². The van der Waals surface area contributed by atoms with Crippen molar-refractivity contribution in [3.63, 3.8) is 0 Å². The first-order valence-corrected chi connectivity index (χ1v) is 5.61. The average molecular weight is 273 g/mol. The van der Waals surface area contributed by atoms with Gasteiger partial charge in [0.2, 0.25) is 5.88 Å². The Morgan fingerprint density at radius 2 is 1.89 bits per heavy atom. The van der Waals surface area contributed by atoms with E-state index in [1.165, 1.54) is 11.7 Å². The molecule has 0 N–H and O–H groups in total. The zero-order chi connectivity index (χ0) is 13.3. The normalized spacial score (nSPS) is 11.0. The number of benzene rings is 1. The maximum atomic E-state index is 12.2. The highest BCUT2D eigenvalue weighted by Gasteiger charge is 2.19. The van der Waals surface area contributed by atoms with Crippen LogP contribution in [0.1, 0.15) is 5.56 Å². The van der Waals surface area contributed by atoms with E-state index in [1.807, 2.05) is 31.2 Å². The van der Waals surface area contributed by atoms with Crippen molar-refractivity contribution in [2.75, 3.05) is 0 Å². The van der Waals surface area contributed by atoms with Gasteiger partial charge in [-0.2, -0.15) is 13.9 Å². The van der Waals surface area contributed by atoms with E-state index in [1.54, 1.807) is 0 Å². The van der Waals surface area contributed by atoms with Crippen LogP contribution in [0.15, 0.2) is 24.3 Å². The molecule has 0 saturated heterocycles. The monoisotopic (exact) mass is 272 g/mol. The standard InChI is InChI=1S/C12H11ClF2N2O/c1-7-3-5-8(6-4-7)10-9(13)11(17(2)16-10)18-12(14)15/h3-6,12H,1-2H3. The van der Waals surface area contributed by atoms with Crippen LogP contribution in [0.25, 0.3) is 11.3 Å². The summed E-state index contributed by atoms with van der Waals surface area (Å²) in [7, 11) is 1.50. The molecule has 0 aliphatic heterocycles. The molecule has 3 nitrogen and oxygen atoms in total. The third kappa shape index (κ3) is 2.46. The maximum absolute atomic E-state index is 12.2. The van der Waals surface area contributed by atoms with Crippen LogP contribution in [0.3, 0.4) is 0 Å². The molecule has 1 aromatic carbocycles. The zero-order valence-electron chi connectivity index (χ0n) is 9.82. The Morgan fingerprint density at radius 1 is 1.28 bits per heavy atom. The van der Waals surface area contributed by atoms with E-state index < -0.39 is 6.61 Å². The van der Waals surface area contributed by atoms with Crippen LogP contribution in [-0.4, -0.2) is 16.4 Å². The number of rotatable bonds is 3. The summed E-state index contributed by atoms with van der Waals surface area (Å²) >= 11 is 6.01. The fourth-order valence-corrected chi connectivity index (χ4v) is 1.90. The second-order valence-corrected chi connectivity index (χ2v) is 4.21. The topological polar surface area (TPSA) is 27.1 Å². The summed E-state index contributed by atoms with van der Waals surface area (Å²) in [5.74, 6) is -0.137. The van der Waals surface area contributed by atoms with Crippen molar-refractivity contribution in [3.05, 3.63) is 34.9 Å². The van der Waals surface area contributed by atoms with Crippen LogP contribution >= 0.6 is 11.6 Å². The largest absolute Gasteiger partial charge is 0.416 e. The molecule has 0 spiro atoms. The van der Waals surface area contributed by atoms with E-state index in [4.69, 9.17) is 11.6 Å². The molecule has 1 heterocycles. The summed E-state index contributed by atoms with van der Waals surface area (Å²) in [5.41, 5.74) is 2.27. The van der Waals surface area contributed by atoms with Crippen molar-refractivity contribution in [1.29, 1.82) is 0 Å². The minimum atomic E-state index is -2.93. The molecule has 1 aromatic heterocycles. The van der Waals surface area contributed by atoms with Gasteiger partial charge in [-0.15, -0.1) is 0 Å². The quantitative estimate of drug-likeness (QED) is 0.853. The van der Waals surface area contributed by atoms with Crippen molar-refractivity contribution < 1.29 is 13.5 Å². The first-order chi connectivity index (χ1) is 8.49. The van der Waals surface area contributed by atoms with Gasteiger partial charge in [-0.25, -0.2) is 4.68 Å². The SMILES string of the molecule is Cc1ccc(-c2nn(C)c(OC(F)F)c2Cl)cc1. The van der Waals surface area contributed by atoms with Gasteiger partial charge in [0.15, 0.2) is 0 Å². The van der Waals surface area contributed by atoms with Crippen LogP contribution in [0.4, 0.5) is 8.78 Å². The van der Waals surface area contributed by atoms with Gasteiger partial charge in [-0.3, -0.25) is 0 Å². The van der Waals surface area contributed by atoms with Gasteiger partial charge < -0.3 is 4.74 Å². The molecule has 0 atom stereocenters. The molecule has 2 rings (SSSR count). The first kappa shape index (κ1) is 12.8. The van der Waals surface area contributed by atoms with Crippen molar-refractivity contribution >= 4 is 11.6 Å². The van der Waals surface area contributed by atoms with E-state index in [2.05, 4.69) is 9.84 Å².